The Morgan fingerprint density at radius 1 is 0.864 bits per heavy atom. The number of pyridine rings is 1. The summed E-state index contributed by atoms with van der Waals surface area (Å²) in [4.78, 5) is 25.9. The van der Waals surface area contributed by atoms with Gasteiger partial charge in [0, 0.05) is 5.56 Å². The van der Waals surface area contributed by atoms with Gasteiger partial charge in [0.1, 0.15) is 5.56 Å². The number of nitrogens with one attached hydrogen (secondary N) is 1. The van der Waals surface area contributed by atoms with Gasteiger partial charge in [-0.15, -0.1) is 0 Å². The van der Waals surface area contributed by atoms with E-state index in [2.05, 4.69) is 4.98 Å². The number of aromatic nitrogens is 1. The summed E-state index contributed by atoms with van der Waals surface area (Å²) >= 11 is 0. The number of aromatic amines is 1. The Bertz CT molecular complexity index is 868. The van der Waals surface area contributed by atoms with Gasteiger partial charge >= 0.3 is 5.97 Å². The number of carboxylic acid groups (broad SMARTS) is 1. The van der Waals surface area contributed by atoms with E-state index in [1.165, 1.54) is 6.07 Å². The van der Waals surface area contributed by atoms with Crippen LogP contribution in [0.2, 0.25) is 0 Å². The fourth-order valence-corrected chi connectivity index (χ4v) is 2.37. The number of benzene rings is 2. The number of aromatic carboxylic acids is 1. The van der Waals surface area contributed by atoms with E-state index in [0.29, 0.717) is 11.3 Å². The Balaban J connectivity index is 2.32. The van der Waals surface area contributed by atoms with Gasteiger partial charge in [-0.3, -0.25) is 4.79 Å². The van der Waals surface area contributed by atoms with E-state index in [1.807, 2.05) is 60.7 Å². The SMILES string of the molecule is O=C(O)c1cc(-c2ccccc2)c(-c2ccccc2)[nH]c1=O. The van der Waals surface area contributed by atoms with E-state index in [9.17, 15) is 14.7 Å². The molecule has 0 saturated carbocycles. The average Bonchev–Trinajstić information content (AvgIpc) is 2.56. The smallest absolute Gasteiger partial charge is 0.341 e. The number of carboxylic acids is 1. The van der Waals surface area contributed by atoms with Crippen molar-refractivity contribution in [2.24, 2.45) is 0 Å². The van der Waals surface area contributed by atoms with Gasteiger partial charge in [0.05, 0.1) is 5.69 Å². The molecule has 2 aromatic carbocycles. The number of H-pyrrole nitrogens is 1. The normalized spacial score (nSPS) is 10.4. The molecule has 1 aromatic heterocycles. The maximum Gasteiger partial charge on any atom is 0.341 e. The van der Waals surface area contributed by atoms with Gasteiger partial charge < -0.3 is 10.1 Å². The molecular weight excluding hydrogens is 278 g/mol. The minimum absolute atomic E-state index is 0.265. The van der Waals surface area contributed by atoms with Crippen LogP contribution >= 0.6 is 0 Å². The van der Waals surface area contributed by atoms with Crippen LogP contribution in [0, 0.1) is 0 Å². The monoisotopic (exact) mass is 291 g/mol. The third-order valence-electron chi connectivity index (χ3n) is 3.42. The standard InChI is InChI=1S/C18H13NO3/c20-17-15(18(21)22)11-14(12-7-3-1-4-8-12)16(19-17)13-9-5-2-6-10-13/h1-11H,(H,19,20)(H,21,22). The van der Waals surface area contributed by atoms with Crippen LogP contribution in [0.1, 0.15) is 10.4 Å². The summed E-state index contributed by atoms with van der Waals surface area (Å²) in [5, 5.41) is 9.18. The van der Waals surface area contributed by atoms with E-state index >= 15 is 0 Å². The molecule has 4 heteroatoms. The topological polar surface area (TPSA) is 70.2 Å². The van der Waals surface area contributed by atoms with Crippen LogP contribution in [0.5, 0.6) is 0 Å². The highest BCUT2D eigenvalue weighted by molar-refractivity contribution is 5.91. The maximum atomic E-state index is 12.0. The molecule has 0 atom stereocenters. The molecule has 3 aromatic rings. The first-order chi connectivity index (χ1) is 10.7. The van der Waals surface area contributed by atoms with Crippen LogP contribution in [0.25, 0.3) is 22.4 Å². The summed E-state index contributed by atoms with van der Waals surface area (Å²) in [5.41, 5.74) is 2.10. The van der Waals surface area contributed by atoms with Crippen molar-refractivity contribution in [2.75, 3.05) is 0 Å². The van der Waals surface area contributed by atoms with Crippen molar-refractivity contribution < 1.29 is 9.90 Å². The van der Waals surface area contributed by atoms with Gasteiger partial charge in [-0.05, 0) is 17.2 Å². The molecule has 0 spiro atoms. The van der Waals surface area contributed by atoms with Gasteiger partial charge in [0.15, 0.2) is 0 Å². The van der Waals surface area contributed by atoms with Gasteiger partial charge in [-0.25, -0.2) is 4.79 Å². The summed E-state index contributed by atoms with van der Waals surface area (Å²) in [5.74, 6) is -1.24. The summed E-state index contributed by atoms with van der Waals surface area (Å²) in [7, 11) is 0. The van der Waals surface area contributed by atoms with Crippen molar-refractivity contribution in [1.82, 2.24) is 4.98 Å². The summed E-state index contributed by atoms with van der Waals surface area (Å²) < 4.78 is 0. The van der Waals surface area contributed by atoms with Crippen LogP contribution in [-0.4, -0.2) is 16.1 Å². The highest BCUT2D eigenvalue weighted by Crippen LogP contribution is 2.29. The van der Waals surface area contributed by atoms with Crippen molar-refractivity contribution in [3.63, 3.8) is 0 Å². The lowest BCUT2D eigenvalue weighted by molar-refractivity contribution is 0.0695. The molecule has 0 saturated heterocycles. The second kappa shape index (κ2) is 5.69. The van der Waals surface area contributed by atoms with E-state index < -0.39 is 11.5 Å². The third kappa shape index (κ3) is 2.54. The molecule has 0 aliphatic heterocycles. The van der Waals surface area contributed by atoms with Gasteiger partial charge in [0.2, 0.25) is 0 Å². The van der Waals surface area contributed by atoms with Crippen LogP contribution in [-0.2, 0) is 0 Å². The predicted molar refractivity (Wildman–Crippen MR) is 84.9 cm³/mol. The third-order valence-corrected chi connectivity index (χ3v) is 3.42. The van der Waals surface area contributed by atoms with Crippen molar-refractivity contribution >= 4 is 5.97 Å². The van der Waals surface area contributed by atoms with E-state index in [1.54, 1.807) is 0 Å². The average molecular weight is 291 g/mol. The molecule has 2 N–H and O–H groups in total. The van der Waals surface area contributed by atoms with Gasteiger partial charge in [-0.1, -0.05) is 60.7 Å². The zero-order chi connectivity index (χ0) is 15.5. The van der Waals surface area contributed by atoms with Crippen molar-refractivity contribution in [3.8, 4) is 22.4 Å². The molecule has 0 bridgehead atoms. The zero-order valence-electron chi connectivity index (χ0n) is 11.6. The first-order valence-electron chi connectivity index (χ1n) is 6.78. The summed E-state index contributed by atoms with van der Waals surface area (Å²) in [6.07, 6.45) is 0. The van der Waals surface area contributed by atoms with Crippen LogP contribution < -0.4 is 5.56 Å². The Kier molecular flexibility index (Phi) is 3.58. The molecule has 0 amide bonds. The van der Waals surface area contributed by atoms with Gasteiger partial charge in [0.25, 0.3) is 5.56 Å². The van der Waals surface area contributed by atoms with Crippen LogP contribution in [0.3, 0.4) is 0 Å². The second-order valence-corrected chi connectivity index (χ2v) is 4.84. The molecular formula is C18H13NO3. The van der Waals surface area contributed by atoms with Crippen molar-refractivity contribution in [1.29, 1.82) is 0 Å². The Morgan fingerprint density at radius 3 is 1.95 bits per heavy atom. The summed E-state index contributed by atoms with van der Waals surface area (Å²) in [6, 6.07) is 20.2. The molecule has 3 rings (SSSR count). The Morgan fingerprint density at radius 2 is 1.41 bits per heavy atom. The number of hydrogen-bond acceptors (Lipinski definition) is 2. The largest absolute Gasteiger partial charge is 0.477 e. The Hall–Kier alpha value is -3.14. The predicted octanol–water partition coefficient (Wildman–Crippen LogP) is 3.41. The number of carbonyl (C=O) groups is 1. The lowest BCUT2D eigenvalue weighted by Gasteiger charge is -2.11. The molecule has 108 valence electrons. The highest BCUT2D eigenvalue weighted by atomic mass is 16.4. The highest BCUT2D eigenvalue weighted by Gasteiger charge is 2.15. The summed E-state index contributed by atoms with van der Waals surface area (Å²) in [6.45, 7) is 0. The lowest BCUT2D eigenvalue weighted by Crippen LogP contribution is -2.18. The molecule has 1 heterocycles. The second-order valence-electron chi connectivity index (χ2n) is 4.84. The van der Waals surface area contributed by atoms with Gasteiger partial charge in [-0.2, -0.15) is 0 Å². The fraction of sp³-hybridized carbons (Fsp3) is 0. The number of rotatable bonds is 3. The number of hydrogen-bond donors (Lipinski definition) is 2. The van der Waals surface area contributed by atoms with E-state index in [-0.39, 0.29) is 5.56 Å². The first-order valence-corrected chi connectivity index (χ1v) is 6.78. The molecule has 0 aliphatic carbocycles. The van der Waals surface area contributed by atoms with Crippen LogP contribution in [0.4, 0.5) is 0 Å². The van der Waals surface area contributed by atoms with Crippen LogP contribution in [0.15, 0.2) is 71.5 Å². The van der Waals surface area contributed by atoms with E-state index in [4.69, 9.17) is 0 Å². The molecule has 0 unspecified atom stereocenters. The molecule has 4 nitrogen and oxygen atoms in total. The molecule has 0 radical (unpaired) electrons. The first kappa shape index (κ1) is 13.8. The lowest BCUT2D eigenvalue weighted by atomic mass is 9.98. The quantitative estimate of drug-likeness (QED) is 0.777. The minimum Gasteiger partial charge on any atom is -0.477 e. The minimum atomic E-state index is -1.24. The van der Waals surface area contributed by atoms with E-state index in [0.717, 1.165) is 11.1 Å². The zero-order valence-corrected chi connectivity index (χ0v) is 11.6. The molecule has 22 heavy (non-hydrogen) atoms. The van der Waals surface area contributed by atoms with Crippen molar-refractivity contribution in [3.05, 3.63) is 82.6 Å². The van der Waals surface area contributed by atoms with Crippen molar-refractivity contribution in [2.45, 2.75) is 0 Å². The maximum absolute atomic E-state index is 12.0. The molecule has 0 fully saturated rings. The Labute approximate surface area is 126 Å². The molecule has 0 aliphatic rings. The fourth-order valence-electron chi connectivity index (χ4n) is 2.37.